The van der Waals surface area contributed by atoms with E-state index in [0.717, 1.165) is 18.2 Å². The molecule has 1 rings (SSSR count). The van der Waals surface area contributed by atoms with Crippen molar-refractivity contribution in [2.45, 2.75) is 6.42 Å². The molecule has 0 bridgehead atoms. The summed E-state index contributed by atoms with van der Waals surface area (Å²) in [5, 5.41) is 27.6. The van der Waals surface area contributed by atoms with E-state index in [1.165, 1.54) is 6.07 Å². The van der Waals surface area contributed by atoms with E-state index in [4.69, 9.17) is 10.4 Å². The summed E-state index contributed by atoms with van der Waals surface area (Å²) in [6, 6.07) is 4.27. The van der Waals surface area contributed by atoms with Gasteiger partial charge in [-0.1, -0.05) is 0 Å². The first-order chi connectivity index (χ1) is 7.95. The third-order valence-corrected chi connectivity index (χ3v) is 2.12. The number of nitriles is 1. The summed E-state index contributed by atoms with van der Waals surface area (Å²) in [5.74, 6) is -3.58. The Kier molecular flexibility index (Phi) is 3.72. The number of hydrogen-bond donors (Lipinski definition) is 1. The number of halogens is 1. The highest BCUT2D eigenvalue weighted by Crippen LogP contribution is 2.19. The van der Waals surface area contributed by atoms with Crippen LogP contribution in [0.3, 0.4) is 0 Å². The molecule has 0 aliphatic heterocycles. The Morgan fingerprint density at radius 2 is 2.29 bits per heavy atom. The first-order valence-corrected chi connectivity index (χ1v) is 4.51. The monoisotopic (exact) mass is 238 g/mol. The molecule has 0 heterocycles. The fourth-order valence-electron chi connectivity index (χ4n) is 1.24. The molecule has 88 valence electrons. The van der Waals surface area contributed by atoms with Crippen molar-refractivity contribution in [1.29, 1.82) is 5.26 Å². The number of rotatable bonds is 4. The van der Waals surface area contributed by atoms with E-state index < -0.39 is 29.0 Å². The summed E-state index contributed by atoms with van der Waals surface area (Å²) in [7, 11) is 0. The molecule has 0 radical (unpaired) electrons. The van der Waals surface area contributed by atoms with Crippen molar-refractivity contribution in [3.63, 3.8) is 0 Å². The normalized spacial score (nSPS) is 11.5. The molecular formula is C10H7FN2O4. The minimum Gasteiger partial charge on any atom is -0.480 e. The number of carboxylic acids is 1. The first kappa shape index (κ1) is 12.6. The molecule has 0 saturated heterocycles. The zero-order valence-corrected chi connectivity index (χ0v) is 8.46. The molecule has 0 aliphatic rings. The smallest absolute Gasteiger partial charge is 0.321 e. The van der Waals surface area contributed by atoms with Gasteiger partial charge in [-0.05, 0) is 11.6 Å². The van der Waals surface area contributed by atoms with Gasteiger partial charge in [0, 0.05) is 18.6 Å². The Hall–Kier alpha value is -2.49. The van der Waals surface area contributed by atoms with Crippen LogP contribution in [0, 0.1) is 33.2 Å². The first-order valence-electron chi connectivity index (χ1n) is 4.51. The number of nitro groups is 1. The molecule has 7 heteroatoms. The van der Waals surface area contributed by atoms with Crippen molar-refractivity contribution in [3.8, 4) is 6.07 Å². The highest BCUT2D eigenvalue weighted by molar-refractivity contribution is 5.73. The van der Waals surface area contributed by atoms with Crippen molar-refractivity contribution in [1.82, 2.24) is 0 Å². The number of carbonyl (C=O) groups is 1. The standard InChI is InChI=1S/C10H7FN2O4/c11-9-2-1-8(13(16)17)4-6(9)3-7(5-12)10(14)15/h1-2,4,7H,3H2,(H,14,15)/t7-/m0/s1. The molecule has 1 aromatic rings. The van der Waals surface area contributed by atoms with Crippen LogP contribution in [0.15, 0.2) is 18.2 Å². The maximum atomic E-state index is 13.3. The maximum Gasteiger partial charge on any atom is 0.321 e. The van der Waals surface area contributed by atoms with Gasteiger partial charge in [-0.15, -0.1) is 0 Å². The molecule has 6 nitrogen and oxygen atoms in total. The topological polar surface area (TPSA) is 104 Å². The summed E-state index contributed by atoms with van der Waals surface area (Å²) in [5.41, 5.74) is -0.503. The number of carboxylic acid groups (broad SMARTS) is 1. The highest BCUT2D eigenvalue weighted by atomic mass is 19.1. The summed E-state index contributed by atoms with van der Waals surface area (Å²) in [6.07, 6.45) is -0.403. The van der Waals surface area contributed by atoms with E-state index in [1.54, 1.807) is 0 Å². The second-order valence-corrected chi connectivity index (χ2v) is 3.26. The molecule has 17 heavy (non-hydrogen) atoms. The van der Waals surface area contributed by atoms with E-state index in [9.17, 15) is 19.3 Å². The number of non-ortho nitro benzene ring substituents is 1. The second-order valence-electron chi connectivity index (χ2n) is 3.26. The van der Waals surface area contributed by atoms with E-state index in [1.807, 2.05) is 0 Å². The van der Waals surface area contributed by atoms with Crippen LogP contribution in [0.25, 0.3) is 0 Å². The molecule has 0 fully saturated rings. The molecule has 0 amide bonds. The summed E-state index contributed by atoms with van der Waals surface area (Å²) < 4.78 is 13.3. The van der Waals surface area contributed by atoms with E-state index in [0.29, 0.717) is 0 Å². The van der Waals surface area contributed by atoms with Crippen LogP contribution in [0.2, 0.25) is 0 Å². The lowest BCUT2D eigenvalue weighted by Gasteiger charge is -2.05. The van der Waals surface area contributed by atoms with Crippen LogP contribution >= 0.6 is 0 Å². The average molecular weight is 238 g/mol. The quantitative estimate of drug-likeness (QED) is 0.632. The number of hydrogen-bond acceptors (Lipinski definition) is 4. The van der Waals surface area contributed by atoms with Gasteiger partial charge in [-0.25, -0.2) is 4.39 Å². The van der Waals surface area contributed by atoms with Gasteiger partial charge in [-0.2, -0.15) is 5.26 Å². The molecule has 0 spiro atoms. The average Bonchev–Trinajstić information content (AvgIpc) is 2.27. The third kappa shape index (κ3) is 2.98. The lowest BCUT2D eigenvalue weighted by atomic mass is 10.00. The van der Waals surface area contributed by atoms with Gasteiger partial charge in [0.05, 0.1) is 11.0 Å². The molecular weight excluding hydrogens is 231 g/mol. The van der Waals surface area contributed by atoms with Gasteiger partial charge < -0.3 is 5.11 Å². The Balaban J connectivity index is 3.05. The predicted octanol–water partition coefficient (Wildman–Crippen LogP) is 1.50. The van der Waals surface area contributed by atoms with Gasteiger partial charge in [-0.3, -0.25) is 14.9 Å². The molecule has 0 saturated carbocycles. The fourth-order valence-corrected chi connectivity index (χ4v) is 1.24. The van der Waals surface area contributed by atoms with Crippen molar-refractivity contribution >= 4 is 11.7 Å². The Bertz CT molecular complexity index is 510. The van der Waals surface area contributed by atoms with Crippen LogP contribution in [0.1, 0.15) is 5.56 Å². The lowest BCUT2D eigenvalue weighted by molar-refractivity contribution is -0.385. The molecule has 0 unspecified atom stereocenters. The van der Waals surface area contributed by atoms with Crippen molar-refractivity contribution in [3.05, 3.63) is 39.7 Å². The fraction of sp³-hybridized carbons (Fsp3) is 0.200. The minimum atomic E-state index is -1.42. The number of benzene rings is 1. The molecule has 1 aromatic carbocycles. The Morgan fingerprint density at radius 3 is 2.76 bits per heavy atom. The van der Waals surface area contributed by atoms with Gasteiger partial charge >= 0.3 is 5.97 Å². The zero-order valence-electron chi connectivity index (χ0n) is 8.46. The van der Waals surface area contributed by atoms with Crippen LogP contribution < -0.4 is 0 Å². The SMILES string of the molecule is N#C[C@H](Cc1cc([N+](=O)[O-])ccc1F)C(=O)O. The van der Waals surface area contributed by atoms with E-state index >= 15 is 0 Å². The summed E-state index contributed by atoms with van der Waals surface area (Å²) in [4.78, 5) is 20.3. The Morgan fingerprint density at radius 1 is 1.65 bits per heavy atom. The largest absolute Gasteiger partial charge is 0.480 e. The van der Waals surface area contributed by atoms with Gasteiger partial charge in [0.2, 0.25) is 0 Å². The van der Waals surface area contributed by atoms with E-state index in [2.05, 4.69) is 0 Å². The minimum absolute atomic E-state index is 0.159. The molecule has 1 N–H and O–H groups in total. The van der Waals surface area contributed by atoms with Crippen molar-refractivity contribution in [2.75, 3.05) is 0 Å². The van der Waals surface area contributed by atoms with Gasteiger partial charge in [0.25, 0.3) is 5.69 Å². The number of nitrogens with zero attached hydrogens (tertiary/aromatic N) is 2. The predicted molar refractivity (Wildman–Crippen MR) is 53.5 cm³/mol. The third-order valence-electron chi connectivity index (χ3n) is 2.12. The van der Waals surface area contributed by atoms with Crippen LogP contribution in [0.5, 0.6) is 0 Å². The highest BCUT2D eigenvalue weighted by Gasteiger charge is 2.20. The number of aliphatic carboxylic acids is 1. The maximum absolute atomic E-state index is 13.3. The van der Waals surface area contributed by atoms with Crippen LogP contribution in [-0.2, 0) is 11.2 Å². The van der Waals surface area contributed by atoms with Gasteiger partial charge in [0.1, 0.15) is 11.7 Å². The lowest BCUT2D eigenvalue weighted by Crippen LogP contribution is -2.15. The van der Waals surface area contributed by atoms with E-state index in [-0.39, 0.29) is 11.3 Å². The molecule has 1 atom stereocenters. The molecule has 0 aromatic heterocycles. The molecule has 0 aliphatic carbocycles. The van der Waals surface area contributed by atoms with Crippen LogP contribution in [-0.4, -0.2) is 16.0 Å². The van der Waals surface area contributed by atoms with Crippen molar-refractivity contribution < 1.29 is 19.2 Å². The summed E-state index contributed by atoms with van der Waals surface area (Å²) in [6.45, 7) is 0. The number of nitro benzene ring substituents is 1. The summed E-state index contributed by atoms with van der Waals surface area (Å²) >= 11 is 0. The van der Waals surface area contributed by atoms with Crippen molar-refractivity contribution in [2.24, 2.45) is 5.92 Å². The second kappa shape index (κ2) is 5.03. The van der Waals surface area contributed by atoms with Gasteiger partial charge in [0.15, 0.2) is 0 Å². The van der Waals surface area contributed by atoms with Crippen LogP contribution in [0.4, 0.5) is 10.1 Å². The Labute approximate surface area is 95.1 Å². The zero-order chi connectivity index (χ0) is 13.0.